The maximum Gasteiger partial charge on any atom is 0.359 e. The molecule has 0 saturated heterocycles. The fourth-order valence-electron chi connectivity index (χ4n) is 4.26. The maximum absolute atomic E-state index is 13.0. The van der Waals surface area contributed by atoms with Crippen LogP contribution in [0, 0.1) is 0 Å². The largest absolute Gasteiger partial charge is 0.480 e. The maximum atomic E-state index is 13.0. The van der Waals surface area contributed by atoms with Gasteiger partial charge in [0.2, 0.25) is 11.8 Å². The monoisotopic (exact) mass is 648 g/mol. The number of rotatable bonds is 20. The van der Waals surface area contributed by atoms with E-state index in [0.717, 1.165) is 30.4 Å². The van der Waals surface area contributed by atoms with Crippen LogP contribution in [0.2, 0.25) is 0 Å². The minimum atomic E-state index is -1.71. The lowest BCUT2D eigenvalue weighted by molar-refractivity contribution is -0.168. The van der Waals surface area contributed by atoms with E-state index in [0.29, 0.717) is 12.1 Å². The first-order valence-corrected chi connectivity index (χ1v) is 15.3. The van der Waals surface area contributed by atoms with E-state index in [-0.39, 0.29) is 25.4 Å². The van der Waals surface area contributed by atoms with E-state index in [2.05, 4.69) is 10.6 Å². The zero-order valence-corrected chi connectivity index (χ0v) is 26.2. The Morgan fingerprint density at radius 3 is 1.83 bits per heavy atom. The zero-order valence-electron chi connectivity index (χ0n) is 26.2. The molecule has 3 rings (SSSR count). The van der Waals surface area contributed by atoms with Crippen LogP contribution in [-0.2, 0) is 57.8 Å². The van der Waals surface area contributed by atoms with Crippen molar-refractivity contribution in [1.29, 1.82) is 0 Å². The van der Waals surface area contributed by atoms with Gasteiger partial charge in [-0.05, 0) is 35.2 Å². The second kappa shape index (κ2) is 20.0. The molecule has 0 aliphatic carbocycles. The molecule has 0 saturated carbocycles. The third-order valence-corrected chi connectivity index (χ3v) is 6.68. The number of unbranched alkanes of at least 4 members (excludes halogenated alkanes) is 2. The predicted molar refractivity (Wildman–Crippen MR) is 170 cm³/mol. The van der Waals surface area contributed by atoms with Crippen molar-refractivity contribution in [1.82, 2.24) is 10.6 Å². The van der Waals surface area contributed by atoms with Crippen LogP contribution in [0.15, 0.2) is 84.9 Å². The number of hydrogen-bond acceptors (Lipinski definition) is 9. The fourth-order valence-corrected chi connectivity index (χ4v) is 4.26. The van der Waals surface area contributed by atoms with Crippen molar-refractivity contribution in [3.8, 4) is 5.75 Å². The van der Waals surface area contributed by atoms with E-state index in [4.69, 9.17) is 24.1 Å². The first-order valence-electron chi connectivity index (χ1n) is 15.3. The Morgan fingerprint density at radius 1 is 0.723 bits per heavy atom. The fraction of sp³-hybridized carbons (Fsp3) is 0.343. The van der Waals surface area contributed by atoms with E-state index in [1.54, 1.807) is 60.7 Å². The van der Waals surface area contributed by atoms with Crippen LogP contribution in [0.3, 0.4) is 0 Å². The molecule has 3 aromatic rings. The van der Waals surface area contributed by atoms with Crippen molar-refractivity contribution in [2.24, 2.45) is 0 Å². The van der Waals surface area contributed by atoms with E-state index in [9.17, 15) is 24.0 Å². The molecule has 12 heteroatoms. The van der Waals surface area contributed by atoms with Crippen molar-refractivity contribution >= 4 is 29.7 Å². The van der Waals surface area contributed by atoms with Gasteiger partial charge in [-0.25, -0.2) is 14.4 Å². The Balaban J connectivity index is 1.69. The zero-order chi connectivity index (χ0) is 33.9. The molecular formula is C35H40N2O10. The number of ether oxygens (including phenoxy) is 4. The molecule has 0 aromatic heterocycles. The molecule has 250 valence electrons. The number of carbonyl (C=O) groups is 5. The standard InChI is InChI=1S/C35H40N2O10/c1-2-3-10-19-36-33(41)29(37-30(38)23-44-24-31(39)40)20-25-15-17-28(18-16-25)47-32(34(42)45-21-26-11-6-4-7-12-26)35(43)46-22-27-13-8-5-9-14-27/h4-9,11-18,29,32H,2-3,10,19-24H2,1H3,(H,36,41)(H,37,38)(H,39,40)/t29-/m0/s1. The normalized spacial score (nSPS) is 11.3. The molecule has 0 fully saturated rings. The number of carboxylic acids is 1. The van der Waals surface area contributed by atoms with E-state index in [1.165, 1.54) is 12.1 Å². The number of amides is 2. The summed E-state index contributed by atoms with van der Waals surface area (Å²) < 4.78 is 21.3. The SMILES string of the molecule is CCCCCNC(=O)[C@H](Cc1ccc(OC(C(=O)OCc2ccccc2)C(=O)OCc2ccccc2)cc1)NC(=O)COCC(=O)O. The molecule has 12 nitrogen and oxygen atoms in total. The average Bonchev–Trinajstić information content (AvgIpc) is 3.08. The number of carbonyl (C=O) groups excluding carboxylic acids is 4. The smallest absolute Gasteiger partial charge is 0.359 e. The van der Waals surface area contributed by atoms with Gasteiger partial charge in [0.1, 0.15) is 38.2 Å². The Bertz CT molecular complexity index is 1380. The predicted octanol–water partition coefficient (Wildman–Crippen LogP) is 3.36. The second-order valence-electron chi connectivity index (χ2n) is 10.5. The van der Waals surface area contributed by atoms with Gasteiger partial charge in [0.25, 0.3) is 6.10 Å². The van der Waals surface area contributed by atoms with Gasteiger partial charge in [-0.2, -0.15) is 0 Å². The van der Waals surface area contributed by atoms with Crippen LogP contribution in [0.4, 0.5) is 0 Å². The summed E-state index contributed by atoms with van der Waals surface area (Å²) in [6.07, 6.45) is 1.07. The molecule has 0 aliphatic heterocycles. The van der Waals surface area contributed by atoms with E-state index in [1.807, 2.05) is 19.1 Å². The lowest BCUT2D eigenvalue weighted by atomic mass is 10.0. The minimum Gasteiger partial charge on any atom is -0.480 e. The summed E-state index contributed by atoms with van der Waals surface area (Å²) in [5.41, 5.74) is 2.09. The third-order valence-electron chi connectivity index (χ3n) is 6.68. The highest BCUT2D eigenvalue weighted by Gasteiger charge is 2.33. The minimum absolute atomic E-state index is 0.0700. The average molecular weight is 649 g/mol. The van der Waals surface area contributed by atoms with Crippen LogP contribution in [-0.4, -0.2) is 66.7 Å². The van der Waals surface area contributed by atoms with Gasteiger partial charge in [0, 0.05) is 13.0 Å². The molecule has 0 spiro atoms. The van der Waals surface area contributed by atoms with Crippen molar-refractivity contribution in [2.75, 3.05) is 19.8 Å². The second-order valence-corrected chi connectivity index (χ2v) is 10.5. The summed E-state index contributed by atoms with van der Waals surface area (Å²) in [6.45, 7) is 1.16. The van der Waals surface area contributed by atoms with Gasteiger partial charge in [-0.3, -0.25) is 9.59 Å². The van der Waals surface area contributed by atoms with E-state index >= 15 is 0 Å². The molecule has 0 radical (unpaired) electrons. The Labute approximate surface area is 273 Å². The van der Waals surface area contributed by atoms with Gasteiger partial charge in [0.15, 0.2) is 0 Å². The molecule has 3 N–H and O–H groups in total. The summed E-state index contributed by atoms with van der Waals surface area (Å²) >= 11 is 0. The molecule has 1 atom stereocenters. The van der Waals surface area contributed by atoms with Crippen molar-refractivity contribution in [3.05, 3.63) is 102 Å². The number of carboxylic acid groups (broad SMARTS) is 1. The highest BCUT2D eigenvalue weighted by Crippen LogP contribution is 2.18. The van der Waals surface area contributed by atoms with Crippen LogP contribution in [0.25, 0.3) is 0 Å². The van der Waals surface area contributed by atoms with Gasteiger partial charge in [-0.15, -0.1) is 0 Å². The van der Waals surface area contributed by atoms with Crippen LogP contribution in [0.5, 0.6) is 5.75 Å². The quantitative estimate of drug-likeness (QED) is 0.0939. The summed E-state index contributed by atoms with van der Waals surface area (Å²) in [5.74, 6) is -3.96. The number of hydrogen-bond donors (Lipinski definition) is 3. The molecule has 0 unspecified atom stereocenters. The number of esters is 2. The van der Waals surface area contributed by atoms with E-state index < -0.39 is 55.1 Å². The van der Waals surface area contributed by atoms with Gasteiger partial charge in [0.05, 0.1) is 0 Å². The summed E-state index contributed by atoms with van der Waals surface area (Å²) in [6, 6.07) is 23.3. The molecule has 2 amide bonds. The number of benzene rings is 3. The Morgan fingerprint density at radius 2 is 1.30 bits per heavy atom. The lowest BCUT2D eigenvalue weighted by Gasteiger charge is -2.20. The van der Waals surface area contributed by atoms with Crippen molar-refractivity contribution < 1.29 is 48.0 Å². The van der Waals surface area contributed by atoms with Crippen LogP contribution < -0.4 is 15.4 Å². The van der Waals surface area contributed by atoms with Crippen molar-refractivity contribution in [2.45, 2.75) is 58.0 Å². The van der Waals surface area contributed by atoms with Crippen LogP contribution in [0.1, 0.15) is 42.9 Å². The van der Waals surface area contributed by atoms with Gasteiger partial charge < -0.3 is 34.7 Å². The summed E-state index contributed by atoms with van der Waals surface area (Å²) in [4.78, 5) is 62.1. The molecule has 0 aliphatic rings. The highest BCUT2D eigenvalue weighted by molar-refractivity contribution is 5.98. The Kier molecular flexibility index (Phi) is 15.4. The number of nitrogens with one attached hydrogen (secondary N) is 2. The van der Waals surface area contributed by atoms with Gasteiger partial charge in [-0.1, -0.05) is 92.6 Å². The Hall–Kier alpha value is -5.23. The first kappa shape index (κ1) is 36.2. The van der Waals surface area contributed by atoms with Crippen molar-refractivity contribution in [3.63, 3.8) is 0 Å². The highest BCUT2D eigenvalue weighted by atomic mass is 16.6. The molecule has 0 heterocycles. The molecular weight excluding hydrogens is 608 g/mol. The number of aliphatic carboxylic acids is 1. The molecule has 47 heavy (non-hydrogen) atoms. The van der Waals surface area contributed by atoms with Crippen LogP contribution >= 0.6 is 0 Å². The third kappa shape index (κ3) is 13.7. The lowest BCUT2D eigenvalue weighted by Crippen LogP contribution is -2.49. The molecule has 3 aromatic carbocycles. The summed E-state index contributed by atoms with van der Waals surface area (Å²) in [7, 11) is 0. The first-order chi connectivity index (χ1) is 22.7. The molecule has 0 bridgehead atoms. The topological polar surface area (TPSA) is 167 Å². The summed E-state index contributed by atoms with van der Waals surface area (Å²) in [5, 5.41) is 14.1. The van der Waals surface area contributed by atoms with Gasteiger partial charge >= 0.3 is 17.9 Å².